The molecule has 6 heteroatoms. The van der Waals surface area contributed by atoms with Gasteiger partial charge in [-0.25, -0.2) is 4.79 Å². The first-order valence-corrected chi connectivity index (χ1v) is 9.38. The summed E-state index contributed by atoms with van der Waals surface area (Å²) in [6.07, 6.45) is 7.12. The first kappa shape index (κ1) is 16.7. The second-order valence-corrected chi connectivity index (χ2v) is 8.38. The molecule has 1 aromatic carbocycles. The minimum atomic E-state index is -0.447. The second kappa shape index (κ2) is 6.52. The van der Waals surface area contributed by atoms with Crippen molar-refractivity contribution in [1.82, 2.24) is 10.6 Å². The average Bonchev–Trinajstić information content (AvgIpc) is 2.52. The number of carbonyl (C=O) groups excluding carboxylic acids is 2. The molecule has 4 fully saturated rings. The number of carbonyl (C=O) groups is 2. The number of halogens is 1. The molecular weight excluding hydrogens is 340 g/mol. The van der Waals surface area contributed by atoms with E-state index in [4.69, 9.17) is 16.3 Å². The molecule has 0 aliphatic heterocycles. The highest BCUT2D eigenvalue weighted by molar-refractivity contribution is 6.30. The zero-order valence-corrected chi connectivity index (χ0v) is 14.8. The topological polar surface area (TPSA) is 67.4 Å². The van der Waals surface area contributed by atoms with E-state index in [-0.39, 0.29) is 12.1 Å². The van der Waals surface area contributed by atoms with Crippen LogP contribution in [0, 0.1) is 17.8 Å². The Morgan fingerprint density at radius 1 is 1.04 bits per heavy atom. The lowest BCUT2D eigenvalue weighted by molar-refractivity contribution is -0.122. The van der Waals surface area contributed by atoms with Crippen LogP contribution in [0.25, 0.3) is 0 Å². The lowest BCUT2D eigenvalue weighted by atomic mass is 9.53. The third-order valence-electron chi connectivity index (χ3n) is 5.85. The molecule has 0 aromatic heterocycles. The van der Waals surface area contributed by atoms with Crippen LogP contribution in [0.4, 0.5) is 4.79 Å². The average molecular weight is 363 g/mol. The van der Waals surface area contributed by atoms with Gasteiger partial charge in [0.2, 0.25) is 0 Å². The predicted molar refractivity (Wildman–Crippen MR) is 94.5 cm³/mol. The Balaban J connectivity index is 1.27. The molecule has 0 atom stereocenters. The molecule has 25 heavy (non-hydrogen) atoms. The molecular formula is C19H23ClN2O3. The van der Waals surface area contributed by atoms with Crippen molar-refractivity contribution in [2.75, 3.05) is 6.61 Å². The molecule has 0 unspecified atom stereocenters. The van der Waals surface area contributed by atoms with Crippen molar-refractivity contribution in [3.63, 3.8) is 0 Å². The van der Waals surface area contributed by atoms with Crippen LogP contribution in [-0.4, -0.2) is 24.1 Å². The fraction of sp³-hybridized carbons (Fsp3) is 0.579. The zero-order valence-electron chi connectivity index (χ0n) is 14.1. The Morgan fingerprint density at radius 2 is 1.60 bits per heavy atom. The van der Waals surface area contributed by atoms with E-state index in [2.05, 4.69) is 10.6 Å². The molecule has 4 bridgehead atoms. The number of benzene rings is 1. The monoisotopic (exact) mass is 362 g/mol. The Morgan fingerprint density at radius 3 is 2.16 bits per heavy atom. The highest BCUT2D eigenvalue weighted by Gasteiger charge is 2.51. The summed E-state index contributed by atoms with van der Waals surface area (Å²) >= 11 is 5.80. The number of hydrogen-bond donors (Lipinski definition) is 2. The van der Waals surface area contributed by atoms with Gasteiger partial charge in [0, 0.05) is 10.6 Å². The van der Waals surface area contributed by atoms with Gasteiger partial charge in [-0.05, 0) is 80.5 Å². The number of nitrogens with one attached hydrogen (secondary N) is 2. The van der Waals surface area contributed by atoms with E-state index in [1.54, 1.807) is 24.3 Å². The lowest BCUT2D eigenvalue weighted by Gasteiger charge is -2.56. The molecule has 5 nitrogen and oxygen atoms in total. The van der Waals surface area contributed by atoms with E-state index in [0.29, 0.717) is 10.8 Å². The van der Waals surface area contributed by atoms with Crippen molar-refractivity contribution in [2.45, 2.75) is 44.1 Å². The van der Waals surface area contributed by atoms with Crippen molar-refractivity contribution in [3.05, 3.63) is 29.3 Å². The van der Waals surface area contributed by atoms with Crippen LogP contribution >= 0.6 is 11.6 Å². The summed E-state index contributed by atoms with van der Waals surface area (Å²) in [6, 6.07) is 6.35. The minimum Gasteiger partial charge on any atom is -0.484 e. The molecule has 0 radical (unpaired) electrons. The van der Waals surface area contributed by atoms with Gasteiger partial charge in [-0.3, -0.25) is 10.1 Å². The SMILES string of the molecule is O=C(COc1ccc(Cl)cc1)NC(=O)NC12CC3CC(CC(C3)C1)C2. The predicted octanol–water partition coefficient (Wildman–Crippen LogP) is 3.51. The van der Waals surface area contributed by atoms with Crippen molar-refractivity contribution in [2.24, 2.45) is 17.8 Å². The molecule has 0 spiro atoms. The minimum absolute atomic E-state index is 0.101. The third-order valence-corrected chi connectivity index (χ3v) is 6.11. The van der Waals surface area contributed by atoms with Crippen molar-refractivity contribution in [1.29, 1.82) is 0 Å². The van der Waals surface area contributed by atoms with Crippen LogP contribution in [0.5, 0.6) is 5.75 Å². The molecule has 3 amide bonds. The van der Waals surface area contributed by atoms with Gasteiger partial charge in [-0.1, -0.05) is 11.6 Å². The summed E-state index contributed by atoms with van der Waals surface area (Å²) in [4.78, 5) is 24.2. The maximum atomic E-state index is 12.3. The molecule has 0 saturated heterocycles. The second-order valence-electron chi connectivity index (χ2n) is 7.94. The number of hydrogen-bond acceptors (Lipinski definition) is 3. The Hall–Kier alpha value is -1.75. The number of urea groups is 1. The van der Waals surface area contributed by atoms with Gasteiger partial charge >= 0.3 is 6.03 Å². The first-order valence-electron chi connectivity index (χ1n) is 9.00. The number of rotatable bonds is 4. The van der Waals surface area contributed by atoms with Crippen molar-refractivity contribution in [3.8, 4) is 5.75 Å². The molecule has 4 aliphatic rings. The fourth-order valence-corrected chi connectivity index (χ4v) is 5.50. The molecule has 4 aliphatic carbocycles. The molecule has 2 N–H and O–H groups in total. The molecule has 134 valence electrons. The van der Waals surface area contributed by atoms with E-state index in [0.717, 1.165) is 37.0 Å². The summed E-state index contributed by atoms with van der Waals surface area (Å²) in [5.74, 6) is 2.33. The highest BCUT2D eigenvalue weighted by Crippen LogP contribution is 2.55. The smallest absolute Gasteiger partial charge is 0.321 e. The standard InChI is InChI=1S/C19H23ClN2O3/c20-15-1-3-16(4-2-15)25-11-17(23)21-18(24)22-19-8-12-5-13(9-19)7-14(6-12)10-19/h1-4,12-14H,5-11H2,(H2,21,22,23,24). The summed E-state index contributed by atoms with van der Waals surface area (Å²) in [5.41, 5.74) is -0.101. The Labute approximate surface area is 152 Å². The summed E-state index contributed by atoms with van der Waals surface area (Å²) in [5, 5.41) is 6.12. The van der Waals surface area contributed by atoms with E-state index in [1.807, 2.05) is 0 Å². The summed E-state index contributed by atoms with van der Waals surface area (Å²) in [7, 11) is 0. The Kier molecular flexibility index (Phi) is 4.36. The maximum Gasteiger partial charge on any atom is 0.321 e. The fourth-order valence-electron chi connectivity index (χ4n) is 5.38. The van der Waals surface area contributed by atoms with Gasteiger partial charge in [0.05, 0.1) is 0 Å². The third kappa shape index (κ3) is 3.76. The Bertz CT molecular complexity index is 638. The van der Waals surface area contributed by atoms with E-state index >= 15 is 0 Å². The molecule has 0 heterocycles. The normalized spacial score (nSPS) is 32.3. The molecule has 5 rings (SSSR count). The van der Waals surface area contributed by atoms with E-state index in [1.165, 1.54) is 19.3 Å². The van der Waals surface area contributed by atoms with Crippen molar-refractivity contribution >= 4 is 23.5 Å². The van der Waals surface area contributed by atoms with Crippen LogP contribution in [0.2, 0.25) is 5.02 Å². The van der Waals surface area contributed by atoms with E-state index < -0.39 is 11.9 Å². The number of imide groups is 1. The quantitative estimate of drug-likeness (QED) is 0.861. The first-order chi connectivity index (χ1) is 12.0. The lowest BCUT2D eigenvalue weighted by Crippen LogP contribution is -2.62. The largest absolute Gasteiger partial charge is 0.484 e. The van der Waals surface area contributed by atoms with Gasteiger partial charge in [0.15, 0.2) is 6.61 Å². The van der Waals surface area contributed by atoms with Gasteiger partial charge in [-0.2, -0.15) is 0 Å². The van der Waals surface area contributed by atoms with Gasteiger partial charge in [0.25, 0.3) is 5.91 Å². The van der Waals surface area contributed by atoms with Crippen LogP contribution < -0.4 is 15.4 Å². The molecule has 4 saturated carbocycles. The zero-order chi connectivity index (χ0) is 17.4. The summed E-state index contributed by atoms with van der Waals surface area (Å²) in [6.45, 7) is -0.198. The van der Waals surface area contributed by atoms with Gasteiger partial charge in [0.1, 0.15) is 5.75 Å². The molecule has 1 aromatic rings. The summed E-state index contributed by atoms with van der Waals surface area (Å²) < 4.78 is 5.37. The van der Waals surface area contributed by atoms with E-state index in [9.17, 15) is 9.59 Å². The van der Waals surface area contributed by atoms with Crippen molar-refractivity contribution < 1.29 is 14.3 Å². The number of amides is 3. The maximum absolute atomic E-state index is 12.3. The highest BCUT2D eigenvalue weighted by atomic mass is 35.5. The number of ether oxygens (including phenoxy) is 1. The van der Waals surface area contributed by atoms with Gasteiger partial charge in [-0.15, -0.1) is 0 Å². The van der Waals surface area contributed by atoms with Crippen LogP contribution in [0.3, 0.4) is 0 Å². The van der Waals surface area contributed by atoms with Crippen LogP contribution in [0.1, 0.15) is 38.5 Å². The van der Waals surface area contributed by atoms with Crippen LogP contribution in [-0.2, 0) is 4.79 Å². The van der Waals surface area contributed by atoms with Gasteiger partial charge < -0.3 is 10.1 Å². The van der Waals surface area contributed by atoms with Crippen LogP contribution in [0.15, 0.2) is 24.3 Å².